The third-order valence-corrected chi connectivity index (χ3v) is 12.5. The molecule has 1 amide bonds. The molecule has 37 heavy (non-hydrogen) atoms. The van der Waals surface area contributed by atoms with E-state index in [2.05, 4.69) is 47.1 Å². The normalized spacial score (nSPS) is 38.1. The molecule has 1 unspecified atom stereocenters. The molecule has 0 aromatic rings. The molecule has 0 aliphatic heterocycles. The zero-order chi connectivity index (χ0) is 26.0. The van der Waals surface area contributed by atoms with Gasteiger partial charge in [0.1, 0.15) is 0 Å². The summed E-state index contributed by atoms with van der Waals surface area (Å²) in [7, 11) is 4.65. The van der Waals surface area contributed by atoms with Gasteiger partial charge in [-0.15, -0.1) is 0 Å². The lowest BCUT2D eigenvalue weighted by Gasteiger charge is -2.61. The molecule has 0 spiro atoms. The first-order chi connectivity index (χ1) is 17.1. The molecular formula is C33H61IN2O. The van der Waals surface area contributed by atoms with Gasteiger partial charge in [0.25, 0.3) is 0 Å². The first-order valence-corrected chi connectivity index (χ1v) is 16.2. The number of amides is 1. The number of carbonyl (C=O) groups is 1. The Bertz CT molecular complexity index is 740. The lowest BCUT2D eigenvalue weighted by atomic mass is 9.44. The smallest absolute Gasteiger partial charge is 0.220 e. The van der Waals surface area contributed by atoms with Gasteiger partial charge in [-0.3, -0.25) is 4.79 Å². The Labute approximate surface area is 247 Å². The van der Waals surface area contributed by atoms with Gasteiger partial charge in [0.2, 0.25) is 5.91 Å². The van der Waals surface area contributed by atoms with Crippen molar-refractivity contribution in [2.24, 2.45) is 46.3 Å². The van der Waals surface area contributed by atoms with E-state index in [-0.39, 0.29) is 29.9 Å². The predicted octanol–water partition coefficient (Wildman–Crippen LogP) is 4.84. The van der Waals surface area contributed by atoms with Crippen molar-refractivity contribution in [3.8, 4) is 0 Å². The lowest BCUT2D eigenvalue weighted by Crippen LogP contribution is -3.00. The maximum Gasteiger partial charge on any atom is 0.220 e. The monoisotopic (exact) mass is 628 g/mol. The molecule has 0 saturated heterocycles. The number of rotatable bonds is 11. The van der Waals surface area contributed by atoms with Crippen molar-refractivity contribution in [2.45, 2.75) is 124 Å². The van der Waals surface area contributed by atoms with Crippen LogP contribution in [0.5, 0.6) is 0 Å². The van der Waals surface area contributed by atoms with Crippen molar-refractivity contribution in [2.75, 3.05) is 33.7 Å². The number of quaternary nitrogens is 1. The molecule has 4 saturated carbocycles. The number of hydrogen-bond acceptors (Lipinski definition) is 1. The second-order valence-electron chi connectivity index (χ2n) is 15.1. The van der Waals surface area contributed by atoms with Gasteiger partial charge in [0.05, 0.1) is 27.2 Å². The van der Waals surface area contributed by atoms with E-state index in [4.69, 9.17) is 0 Å². The van der Waals surface area contributed by atoms with E-state index in [9.17, 15) is 4.79 Å². The quantitative estimate of drug-likeness (QED) is 0.198. The van der Waals surface area contributed by atoms with Crippen LogP contribution in [0.15, 0.2) is 0 Å². The molecule has 0 radical (unpaired) electrons. The Kier molecular flexibility index (Phi) is 11.3. The van der Waals surface area contributed by atoms with Crippen LogP contribution in [0.3, 0.4) is 0 Å². The van der Waals surface area contributed by atoms with Gasteiger partial charge >= 0.3 is 0 Å². The Hall–Kier alpha value is 0.160. The first kappa shape index (κ1) is 31.7. The number of unbranched alkanes of at least 4 members (excludes halogenated alkanes) is 1. The molecule has 0 heterocycles. The zero-order valence-electron chi connectivity index (χ0n) is 25.4. The molecule has 4 fully saturated rings. The van der Waals surface area contributed by atoms with Crippen LogP contribution in [0.2, 0.25) is 0 Å². The fourth-order valence-electron chi connectivity index (χ4n) is 10.4. The molecule has 4 aliphatic rings. The summed E-state index contributed by atoms with van der Waals surface area (Å²) in [6, 6.07) is 0. The summed E-state index contributed by atoms with van der Waals surface area (Å²) in [6.45, 7) is 13.4. The Balaban J connectivity index is 0.00000380. The molecule has 4 aliphatic carbocycles. The van der Waals surface area contributed by atoms with Crippen LogP contribution in [0.4, 0.5) is 0 Å². The van der Waals surface area contributed by atoms with Crippen molar-refractivity contribution in [3.05, 3.63) is 0 Å². The van der Waals surface area contributed by atoms with Gasteiger partial charge in [-0.25, -0.2) is 0 Å². The first-order valence-electron chi connectivity index (χ1n) is 16.2. The van der Waals surface area contributed by atoms with Gasteiger partial charge in [-0.1, -0.05) is 47.0 Å². The summed E-state index contributed by atoms with van der Waals surface area (Å²) in [6.07, 6.45) is 20.3. The summed E-state index contributed by atoms with van der Waals surface area (Å²) in [5, 5.41) is 3.24. The minimum atomic E-state index is 0. The zero-order valence-corrected chi connectivity index (χ0v) is 27.6. The predicted molar refractivity (Wildman–Crippen MR) is 153 cm³/mol. The van der Waals surface area contributed by atoms with Crippen LogP contribution in [-0.2, 0) is 4.79 Å². The minimum absolute atomic E-state index is 0. The second-order valence-corrected chi connectivity index (χ2v) is 15.1. The van der Waals surface area contributed by atoms with Crippen molar-refractivity contribution in [1.82, 2.24) is 5.32 Å². The summed E-state index contributed by atoms with van der Waals surface area (Å²) in [4.78, 5) is 12.7. The number of carbonyl (C=O) groups excluding carboxylic acids is 1. The highest BCUT2D eigenvalue weighted by atomic mass is 127. The van der Waals surface area contributed by atoms with Gasteiger partial charge in [0.15, 0.2) is 0 Å². The molecule has 8 atom stereocenters. The van der Waals surface area contributed by atoms with E-state index in [0.29, 0.717) is 16.7 Å². The highest BCUT2D eigenvalue weighted by molar-refractivity contribution is 5.75. The number of nitrogens with zero attached hydrogens (tertiary/aromatic N) is 1. The van der Waals surface area contributed by atoms with Crippen LogP contribution in [0, 0.1) is 46.3 Å². The average molecular weight is 629 g/mol. The number of halogens is 1. The summed E-state index contributed by atoms with van der Waals surface area (Å²) < 4.78 is 1.07. The topological polar surface area (TPSA) is 29.1 Å². The van der Waals surface area contributed by atoms with Crippen molar-refractivity contribution >= 4 is 5.91 Å². The van der Waals surface area contributed by atoms with Crippen LogP contribution in [-0.4, -0.2) is 44.1 Å². The molecule has 4 heteroatoms. The fraction of sp³-hybridized carbons (Fsp3) is 0.970. The number of hydrogen-bond donors (Lipinski definition) is 1. The van der Waals surface area contributed by atoms with Crippen molar-refractivity contribution in [1.29, 1.82) is 0 Å². The Morgan fingerprint density at radius 3 is 2.41 bits per heavy atom. The van der Waals surface area contributed by atoms with Gasteiger partial charge in [-0.2, -0.15) is 0 Å². The van der Waals surface area contributed by atoms with E-state index < -0.39 is 0 Å². The van der Waals surface area contributed by atoms with Crippen LogP contribution in [0.25, 0.3) is 0 Å². The molecule has 1 N–H and O–H groups in total. The van der Waals surface area contributed by atoms with Crippen molar-refractivity contribution < 1.29 is 33.3 Å². The molecule has 0 aromatic carbocycles. The summed E-state index contributed by atoms with van der Waals surface area (Å²) >= 11 is 0. The van der Waals surface area contributed by atoms with Gasteiger partial charge < -0.3 is 33.8 Å². The molecule has 4 rings (SSSR count). The van der Waals surface area contributed by atoms with E-state index in [0.717, 1.165) is 66.4 Å². The van der Waals surface area contributed by atoms with Crippen LogP contribution >= 0.6 is 0 Å². The highest BCUT2D eigenvalue weighted by Crippen LogP contribution is 2.68. The number of fused-ring (bicyclic) bond motifs is 5. The van der Waals surface area contributed by atoms with Gasteiger partial charge in [-0.05, 0) is 111 Å². The minimum Gasteiger partial charge on any atom is -1.00 e. The van der Waals surface area contributed by atoms with Crippen LogP contribution in [0.1, 0.15) is 124 Å². The molecule has 216 valence electrons. The fourth-order valence-corrected chi connectivity index (χ4v) is 10.4. The lowest BCUT2D eigenvalue weighted by molar-refractivity contribution is -0.890. The standard InChI is InChI=1S/C33H60N2O.HI/c1-7-8-23-35(5,6)24-11-22-34-31(36)18-13-25(2)28-16-17-29-27-15-14-26-12-9-10-20-32(26,3)30(27)19-21-33(28,29)4;/h25-30H,7-24H2,1-6H3;1H/t25-,26?,27+,28-,29+,30+,32+,33-;/m1./s1. The Morgan fingerprint density at radius 1 is 0.919 bits per heavy atom. The third-order valence-electron chi connectivity index (χ3n) is 12.5. The molecular weight excluding hydrogens is 567 g/mol. The molecule has 3 nitrogen and oxygen atoms in total. The van der Waals surface area contributed by atoms with E-state index in [1.54, 1.807) is 0 Å². The maximum absolute atomic E-state index is 12.7. The van der Waals surface area contributed by atoms with E-state index in [1.165, 1.54) is 83.6 Å². The molecule has 0 aromatic heterocycles. The van der Waals surface area contributed by atoms with E-state index >= 15 is 0 Å². The van der Waals surface area contributed by atoms with Crippen LogP contribution < -0.4 is 29.3 Å². The number of nitrogens with one attached hydrogen (secondary N) is 1. The van der Waals surface area contributed by atoms with Crippen molar-refractivity contribution in [3.63, 3.8) is 0 Å². The third kappa shape index (κ3) is 6.91. The summed E-state index contributed by atoms with van der Waals surface area (Å²) in [5.74, 6) is 5.74. The highest BCUT2D eigenvalue weighted by Gasteiger charge is 2.60. The largest absolute Gasteiger partial charge is 1.00 e. The SMILES string of the molecule is CCCC[N+](C)(C)CCCNC(=O)CC[C@@H](C)[C@H]1CC[C@H]2[C@@H]3CCC4CCCC[C@]4(C)[C@H]3CC[C@]12C.[I-]. The van der Waals surface area contributed by atoms with Gasteiger partial charge in [0, 0.05) is 19.4 Å². The average Bonchev–Trinajstić information content (AvgIpc) is 3.21. The maximum atomic E-state index is 12.7. The Morgan fingerprint density at radius 2 is 1.65 bits per heavy atom. The second kappa shape index (κ2) is 13.2. The van der Waals surface area contributed by atoms with E-state index in [1.807, 2.05) is 0 Å². The molecule has 0 bridgehead atoms. The summed E-state index contributed by atoms with van der Waals surface area (Å²) in [5.41, 5.74) is 1.17.